The van der Waals surface area contributed by atoms with Gasteiger partial charge in [-0.15, -0.1) is 11.8 Å². The highest BCUT2D eigenvalue weighted by Gasteiger charge is 2.10. The van der Waals surface area contributed by atoms with Crippen molar-refractivity contribution in [2.75, 3.05) is 19.1 Å². The lowest BCUT2D eigenvalue weighted by Gasteiger charge is -2.10. The number of amides is 1. The standard InChI is InChI=1S/C16H18N2O2S/c1-20-14-8-7-11(9-13(14)17)10-18-16(19)12-5-3-4-6-15(12)21-2/h3-9H,10,17H2,1-2H3,(H,18,19). The minimum absolute atomic E-state index is 0.0886. The highest BCUT2D eigenvalue weighted by molar-refractivity contribution is 7.98. The third-order valence-electron chi connectivity index (χ3n) is 3.10. The number of hydrogen-bond acceptors (Lipinski definition) is 4. The molecule has 5 heteroatoms. The smallest absolute Gasteiger partial charge is 0.252 e. The van der Waals surface area contributed by atoms with Crippen LogP contribution >= 0.6 is 11.8 Å². The van der Waals surface area contributed by atoms with E-state index in [4.69, 9.17) is 10.5 Å². The Labute approximate surface area is 128 Å². The quantitative estimate of drug-likeness (QED) is 0.658. The molecule has 0 spiro atoms. The molecule has 0 aliphatic rings. The third kappa shape index (κ3) is 3.70. The average Bonchev–Trinajstić information content (AvgIpc) is 2.52. The Hall–Kier alpha value is -2.14. The number of hydrogen-bond donors (Lipinski definition) is 2. The van der Waals surface area contributed by atoms with Crippen LogP contribution in [0.1, 0.15) is 15.9 Å². The Balaban J connectivity index is 2.06. The van der Waals surface area contributed by atoms with Gasteiger partial charge in [-0.25, -0.2) is 0 Å². The second kappa shape index (κ2) is 7.04. The van der Waals surface area contributed by atoms with E-state index < -0.39 is 0 Å². The van der Waals surface area contributed by atoms with Crippen LogP contribution < -0.4 is 15.8 Å². The zero-order valence-corrected chi connectivity index (χ0v) is 12.9. The van der Waals surface area contributed by atoms with Crippen molar-refractivity contribution in [3.8, 4) is 5.75 Å². The molecule has 4 nitrogen and oxygen atoms in total. The summed E-state index contributed by atoms with van der Waals surface area (Å²) in [4.78, 5) is 13.2. The monoisotopic (exact) mass is 302 g/mol. The molecule has 2 rings (SSSR count). The van der Waals surface area contributed by atoms with Crippen LogP contribution in [-0.4, -0.2) is 19.3 Å². The van der Waals surface area contributed by atoms with Crippen LogP contribution in [0.2, 0.25) is 0 Å². The SMILES string of the molecule is COc1ccc(CNC(=O)c2ccccc2SC)cc1N. The van der Waals surface area contributed by atoms with Gasteiger partial charge in [0, 0.05) is 11.4 Å². The van der Waals surface area contributed by atoms with Crippen LogP contribution in [0.15, 0.2) is 47.4 Å². The molecule has 0 aromatic heterocycles. The molecule has 2 aromatic rings. The summed E-state index contributed by atoms with van der Waals surface area (Å²) in [5, 5.41) is 2.91. The first kappa shape index (κ1) is 15.3. The van der Waals surface area contributed by atoms with E-state index in [1.165, 1.54) is 0 Å². The molecule has 3 N–H and O–H groups in total. The number of benzene rings is 2. The third-order valence-corrected chi connectivity index (χ3v) is 3.89. The van der Waals surface area contributed by atoms with Gasteiger partial charge >= 0.3 is 0 Å². The summed E-state index contributed by atoms with van der Waals surface area (Å²) in [5.74, 6) is 0.548. The Morgan fingerprint density at radius 3 is 2.71 bits per heavy atom. The van der Waals surface area contributed by atoms with Crippen molar-refractivity contribution >= 4 is 23.4 Å². The number of nitrogens with two attached hydrogens (primary N) is 1. The fourth-order valence-corrected chi connectivity index (χ4v) is 2.60. The van der Waals surface area contributed by atoms with Gasteiger partial charge in [-0.3, -0.25) is 4.79 Å². The topological polar surface area (TPSA) is 64.3 Å². The fourth-order valence-electron chi connectivity index (χ4n) is 2.00. The van der Waals surface area contributed by atoms with Crippen molar-refractivity contribution in [3.63, 3.8) is 0 Å². The molecule has 0 fully saturated rings. The van der Waals surface area contributed by atoms with Gasteiger partial charge in [0.05, 0.1) is 18.4 Å². The molecule has 0 atom stereocenters. The van der Waals surface area contributed by atoms with Crippen molar-refractivity contribution in [1.82, 2.24) is 5.32 Å². The summed E-state index contributed by atoms with van der Waals surface area (Å²) in [6, 6.07) is 13.0. The Bertz CT molecular complexity index is 644. The van der Waals surface area contributed by atoms with E-state index in [1.54, 1.807) is 31.0 Å². The van der Waals surface area contributed by atoms with E-state index in [0.717, 1.165) is 10.5 Å². The Morgan fingerprint density at radius 1 is 1.29 bits per heavy atom. The lowest BCUT2D eigenvalue weighted by Crippen LogP contribution is -2.23. The average molecular weight is 302 g/mol. The van der Waals surface area contributed by atoms with Gasteiger partial charge in [-0.2, -0.15) is 0 Å². The lowest BCUT2D eigenvalue weighted by atomic mass is 10.1. The number of carbonyl (C=O) groups excluding carboxylic acids is 1. The first-order chi connectivity index (χ1) is 10.2. The molecule has 0 aliphatic heterocycles. The second-order valence-electron chi connectivity index (χ2n) is 4.46. The maximum Gasteiger partial charge on any atom is 0.252 e. The van der Waals surface area contributed by atoms with Gasteiger partial charge in [0.1, 0.15) is 5.75 Å². The molecule has 0 unspecified atom stereocenters. The zero-order valence-electron chi connectivity index (χ0n) is 12.1. The molecule has 0 heterocycles. The molecule has 0 bridgehead atoms. The molecule has 21 heavy (non-hydrogen) atoms. The molecule has 0 saturated carbocycles. The van der Waals surface area contributed by atoms with Crippen molar-refractivity contribution in [2.45, 2.75) is 11.4 Å². The molecular formula is C16H18N2O2S. The molecule has 0 radical (unpaired) electrons. The summed E-state index contributed by atoms with van der Waals surface area (Å²) in [6.45, 7) is 0.426. The highest BCUT2D eigenvalue weighted by Crippen LogP contribution is 2.22. The van der Waals surface area contributed by atoms with Gasteiger partial charge < -0.3 is 15.8 Å². The number of nitrogens with one attached hydrogen (secondary N) is 1. The van der Waals surface area contributed by atoms with Gasteiger partial charge in [-0.05, 0) is 36.1 Å². The number of thioether (sulfide) groups is 1. The number of nitrogen functional groups attached to an aromatic ring is 1. The number of anilines is 1. The van der Waals surface area contributed by atoms with Crippen LogP contribution in [0, 0.1) is 0 Å². The van der Waals surface area contributed by atoms with E-state index >= 15 is 0 Å². The number of ether oxygens (including phenoxy) is 1. The lowest BCUT2D eigenvalue weighted by molar-refractivity contribution is 0.0948. The molecule has 2 aromatic carbocycles. The zero-order chi connectivity index (χ0) is 15.2. The summed E-state index contributed by atoms with van der Waals surface area (Å²) in [7, 11) is 1.58. The largest absolute Gasteiger partial charge is 0.495 e. The fraction of sp³-hybridized carbons (Fsp3) is 0.188. The van der Waals surface area contributed by atoms with E-state index in [1.807, 2.05) is 36.6 Å². The van der Waals surface area contributed by atoms with Crippen LogP contribution in [-0.2, 0) is 6.54 Å². The van der Waals surface area contributed by atoms with E-state index in [0.29, 0.717) is 23.5 Å². The molecule has 1 amide bonds. The first-order valence-corrected chi connectivity index (χ1v) is 7.71. The molecule has 110 valence electrons. The summed E-state index contributed by atoms with van der Waals surface area (Å²) in [5.41, 5.74) is 8.04. The van der Waals surface area contributed by atoms with Gasteiger partial charge in [0.15, 0.2) is 0 Å². The number of methoxy groups -OCH3 is 1. The van der Waals surface area contributed by atoms with Crippen molar-refractivity contribution in [2.24, 2.45) is 0 Å². The number of carbonyl (C=O) groups is 1. The molecule has 0 aliphatic carbocycles. The normalized spacial score (nSPS) is 10.2. The van der Waals surface area contributed by atoms with Crippen LogP contribution in [0.4, 0.5) is 5.69 Å². The predicted molar refractivity (Wildman–Crippen MR) is 86.8 cm³/mol. The molecule has 0 saturated heterocycles. The Morgan fingerprint density at radius 2 is 2.05 bits per heavy atom. The van der Waals surface area contributed by atoms with Crippen LogP contribution in [0.5, 0.6) is 5.75 Å². The van der Waals surface area contributed by atoms with E-state index in [9.17, 15) is 4.79 Å². The number of rotatable bonds is 5. The van der Waals surface area contributed by atoms with Gasteiger partial charge in [-0.1, -0.05) is 18.2 Å². The van der Waals surface area contributed by atoms with Gasteiger partial charge in [0.2, 0.25) is 0 Å². The van der Waals surface area contributed by atoms with Crippen molar-refractivity contribution in [3.05, 3.63) is 53.6 Å². The van der Waals surface area contributed by atoms with Gasteiger partial charge in [0.25, 0.3) is 5.91 Å². The van der Waals surface area contributed by atoms with Crippen molar-refractivity contribution < 1.29 is 9.53 Å². The summed E-state index contributed by atoms with van der Waals surface area (Å²) < 4.78 is 5.11. The van der Waals surface area contributed by atoms with Crippen LogP contribution in [0.3, 0.4) is 0 Å². The predicted octanol–water partition coefficient (Wildman–Crippen LogP) is 2.93. The maximum absolute atomic E-state index is 12.2. The first-order valence-electron chi connectivity index (χ1n) is 6.49. The highest BCUT2D eigenvalue weighted by atomic mass is 32.2. The van der Waals surface area contributed by atoms with E-state index in [-0.39, 0.29) is 5.91 Å². The van der Waals surface area contributed by atoms with E-state index in [2.05, 4.69) is 5.32 Å². The second-order valence-corrected chi connectivity index (χ2v) is 5.31. The summed E-state index contributed by atoms with van der Waals surface area (Å²) in [6.07, 6.45) is 1.95. The minimum Gasteiger partial charge on any atom is -0.495 e. The van der Waals surface area contributed by atoms with Crippen molar-refractivity contribution in [1.29, 1.82) is 0 Å². The Kier molecular flexibility index (Phi) is 5.11. The summed E-state index contributed by atoms with van der Waals surface area (Å²) >= 11 is 1.56. The molecular weight excluding hydrogens is 284 g/mol. The minimum atomic E-state index is -0.0886. The van der Waals surface area contributed by atoms with Crippen LogP contribution in [0.25, 0.3) is 0 Å². The maximum atomic E-state index is 12.2.